The third-order valence-electron chi connectivity index (χ3n) is 4.54. The van der Waals surface area contributed by atoms with Gasteiger partial charge < -0.3 is 4.74 Å². The maximum absolute atomic E-state index is 5.77. The smallest absolute Gasteiger partial charge is 0.174 e. The molecule has 0 N–H and O–H groups in total. The number of aromatic nitrogens is 3. The van der Waals surface area contributed by atoms with Gasteiger partial charge in [0.15, 0.2) is 5.16 Å². The number of fused-ring (bicyclic) bond motifs is 5. The van der Waals surface area contributed by atoms with Gasteiger partial charge in [0.05, 0.1) is 22.7 Å². The Morgan fingerprint density at radius 3 is 2.75 bits per heavy atom. The van der Waals surface area contributed by atoms with Crippen molar-refractivity contribution in [1.29, 1.82) is 0 Å². The summed E-state index contributed by atoms with van der Waals surface area (Å²) < 4.78 is 7.96. The lowest BCUT2D eigenvalue weighted by atomic mass is 10.2. The average Bonchev–Trinajstić information content (AvgIpc) is 3.27. The first-order valence-corrected chi connectivity index (χ1v) is 9.29. The van der Waals surface area contributed by atoms with Crippen molar-refractivity contribution < 1.29 is 4.74 Å². The maximum Gasteiger partial charge on any atom is 0.174 e. The van der Waals surface area contributed by atoms with Crippen LogP contribution in [0.1, 0.15) is 12.8 Å². The van der Waals surface area contributed by atoms with Crippen LogP contribution in [-0.2, 0) is 4.74 Å². The topological polar surface area (TPSA) is 39.4 Å². The van der Waals surface area contributed by atoms with Gasteiger partial charge in [-0.3, -0.25) is 4.40 Å². The molecule has 120 valence electrons. The highest BCUT2D eigenvalue weighted by atomic mass is 32.2. The highest BCUT2D eigenvalue weighted by molar-refractivity contribution is 7.99. The molecule has 0 unspecified atom stereocenters. The quantitative estimate of drug-likeness (QED) is 0.413. The van der Waals surface area contributed by atoms with Gasteiger partial charge in [-0.25, -0.2) is 9.97 Å². The van der Waals surface area contributed by atoms with E-state index in [9.17, 15) is 0 Å². The predicted octanol–water partition coefficient (Wildman–Crippen LogP) is 4.31. The molecule has 5 rings (SSSR count). The fourth-order valence-corrected chi connectivity index (χ4v) is 4.43. The van der Waals surface area contributed by atoms with Gasteiger partial charge in [-0.15, -0.1) is 0 Å². The lowest BCUT2D eigenvalue weighted by molar-refractivity contribution is 0.129. The van der Waals surface area contributed by atoms with Crippen molar-refractivity contribution in [2.24, 2.45) is 0 Å². The maximum atomic E-state index is 5.77. The van der Waals surface area contributed by atoms with Gasteiger partial charge in [-0.05, 0) is 37.1 Å². The Balaban J connectivity index is 1.72. The number of benzene rings is 2. The first-order chi connectivity index (χ1) is 11.9. The Morgan fingerprint density at radius 1 is 1.04 bits per heavy atom. The third kappa shape index (κ3) is 2.27. The van der Waals surface area contributed by atoms with Crippen LogP contribution in [0.4, 0.5) is 0 Å². The molecule has 1 fully saturated rings. The van der Waals surface area contributed by atoms with Crippen LogP contribution in [0.25, 0.3) is 27.6 Å². The Kier molecular flexibility index (Phi) is 3.42. The Hall–Kier alpha value is -2.11. The van der Waals surface area contributed by atoms with E-state index in [0.29, 0.717) is 6.10 Å². The van der Waals surface area contributed by atoms with Gasteiger partial charge in [0.25, 0.3) is 0 Å². The van der Waals surface area contributed by atoms with Gasteiger partial charge in [-0.1, -0.05) is 36.0 Å². The number of hydrogen-bond acceptors (Lipinski definition) is 4. The molecule has 0 bridgehead atoms. The van der Waals surface area contributed by atoms with E-state index in [0.717, 1.165) is 51.5 Å². The fourth-order valence-electron chi connectivity index (χ4n) is 3.35. The predicted molar refractivity (Wildman–Crippen MR) is 97.7 cm³/mol. The lowest BCUT2D eigenvalue weighted by Gasteiger charge is -2.11. The minimum atomic E-state index is 0.341. The van der Waals surface area contributed by atoms with Crippen LogP contribution < -0.4 is 0 Å². The SMILES string of the molecule is c1ccc2c(c1)nc(SC[C@@H]1CCCO1)n1c3ccccc3nc21. The lowest BCUT2D eigenvalue weighted by Crippen LogP contribution is -2.09. The molecule has 24 heavy (non-hydrogen) atoms. The van der Waals surface area contributed by atoms with E-state index < -0.39 is 0 Å². The molecule has 0 spiro atoms. The monoisotopic (exact) mass is 335 g/mol. The van der Waals surface area contributed by atoms with Crippen molar-refractivity contribution in [3.8, 4) is 0 Å². The summed E-state index contributed by atoms with van der Waals surface area (Å²) >= 11 is 1.77. The summed E-state index contributed by atoms with van der Waals surface area (Å²) in [7, 11) is 0. The Bertz CT molecular complexity index is 1040. The highest BCUT2D eigenvalue weighted by Gasteiger charge is 2.19. The van der Waals surface area contributed by atoms with Crippen molar-refractivity contribution in [3.63, 3.8) is 0 Å². The molecule has 0 radical (unpaired) electrons. The van der Waals surface area contributed by atoms with Crippen LogP contribution in [0.2, 0.25) is 0 Å². The normalized spacial score (nSPS) is 18.1. The Morgan fingerprint density at radius 2 is 1.88 bits per heavy atom. The number of imidazole rings is 1. The summed E-state index contributed by atoms with van der Waals surface area (Å²) in [6.45, 7) is 0.889. The third-order valence-corrected chi connectivity index (χ3v) is 5.61. The van der Waals surface area contributed by atoms with Crippen LogP contribution in [-0.4, -0.2) is 32.8 Å². The molecule has 1 saturated heterocycles. The molecule has 0 saturated carbocycles. The average molecular weight is 335 g/mol. The van der Waals surface area contributed by atoms with Gasteiger partial charge >= 0.3 is 0 Å². The summed E-state index contributed by atoms with van der Waals surface area (Å²) in [4.78, 5) is 9.78. The van der Waals surface area contributed by atoms with E-state index in [1.54, 1.807) is 11.8 Å². The summed E-state index contributed by atoms with van der Waals surface area (Å²) in [6.07, 6.45) is 2.65. The molecule has 1 aliphatic heterocycles. The van der Waals surface area contributed by atoms with E-state index in [1.807, 2.05) is 18.2 Å². The van der Waals surface area contributed by atoms with Gasteiger partial charge in [-0.2, -0.15) is 0 Å². The molecular formula is C19H17N3OS. The molecular weight excluding hydrogens is 318 g/mol. The van der Waals surface area contributed by atoms with Crippen molar-refractivity contribution in [2.75, 3.05) is 12.4 Å². The van der Waals surface area contributed by atoms with Crippen LogP contribution in [0.15, 0.2) is 53.7 Å². The van der Waals surface area contributed by atoms with Crippen LogP contribution in [0, 0.1) is 0 Å². The molecule has 3 heterocycles. The van der Waals surface area contributed by atoms with Crippen LogP contribution in [0.3, 0.4) is 0 Å². The van der Waals surface area contributed by atoms with E-state index in [1.165, 1.54) is 6.42 Å². The summed E-state index contributed by atoms with van der Waals surface area (Å²) in [5, 5.41) is 2.09. The zero-order chi connectivity index (χ0) is 15.9. The number of ether oxygens (including phenoxy) is 1. The first-order valence-electron chi connectivity index (χ1n) is 8.30. The molecule has 2 aromatic heterocycles. The second kappa shape index (κ2) is 5.76. The number of hydrogen-bond donors (Lipinski definition) is 0. The molecule has 0 aliphatic carbocycles. The molecule has 4 nitrogen and oxygen atoms in total. The van der Waals surface area contributed by atoms with E-state index in [4.69, 9.17) is 14.7 Å². The second-order valence-corrected chi connectivity index (χ2v) is 7.10. The summed E-state index contributed by atoms with van der Waals surface area (Å²) in [5.74, 6) is 0.937. The van der Waals surface area contributed by atoms with Gasteiger partial charge in [0.2, 0.25) is 0 Å². The van der Waals surface area contributed by atoms with Crippen molar-refractivity contribution >= 4 is 39.3 Å². The van der Waals surface area contributed by atoms with Crippen LogP contribution in [0.5, 0.6) is 0 Å². The number of rotatable bonds is 3. The molecule has 4 aromatic rings. The standard InChI is InChI=1S/C19H17N3OS/c1-2-8-15-14(7-1)18-20-16-9-3-4-10-17(16)22(18)19(21-15)24-12-13-6-5-11-23-13/h1-4,7-10,13H,5-6,11-12H2/t13-/m0/s1. The number of para-hydroxylation sites is 3. The molecule has 2 aromatic carbocycles. The number of thioether (sulfide) groups is 1. The zero-order valence-corrected chi connectivity index (χ0v) is 14.0. The van der Waals surface area contributed by atoms with Crippen molar-refractivity contribution in [2.45, 2.75) is 24.1 Å². The summed E-state index contributed by atoms with van der Waals surface area (Å²) in [5.41, 5.74) is 4.10. The minimum Gasteiger partial charge on any atom is -0.377 e. The molecule has 1 atom stereocenters. The van der Waals surface area contributed by atoms with Crippen molar-refractivity contribution in [1.82, 2.24) is 14.4 Å². The fraction of sp³-hybridized carbons (Fsp3) is 0.263. The van der Waals surface area contributed by atoms with E-state index in [2.05, 4.69) is 34.7 Å². The first kappa shape index (κ1) is 14.3. The van der Waals surface area contributed by atoms with E-state index in [-0.39, 0.29) is 0 Å². The van der Waals surface area contributed by atoms with Crippen LogP contribution >= 0.6 is 11.8 Å². The van der Waals surface area contributed by atoms with Gasteiger partial charge in [0, 0.05) is 17.7 Å². The number of nitrogens with zero attached hydrogens (tertiary/aromatic N) is 3. The molecule has 5 heteroatoms. The van der Waals surface area contributed by atoms with Gasteiger partial charge in [0.1, 0.15) is 5.65 Å². The highest BCUT2D eigenvalue weighted by Crippen LogP contribution is 2.30. The minimum absolute atomic E-state index is 0.341. The van der Waals surface area contributed by atoms with E-state index >= 15 is 0 Å². The zero-order valence-electron chi connectivity index (χ0n) is 13.2. The summed E-state index contributed by atoms with van der Waals surface area (Å²) in [6, 6.07) is 16.5. The second-order valence-electron chi connectivity index (χ2n) is 6.12. The molecule has 0 amide bonds. The molecule has 1 aliphatic rings. The van der Waals surface area contributed by atoms with Crippen molar-refractivity contribution in [3.05, 3.63) is 48.5 Å². The Labute approximate surface area is 143 Å². The largest absolute Gasteiger partial charge is 0.377 e.